The van der Waals surface area contributed by atoms with Crippen LogP contribution in [0, 0.1) is 0 Å². The summed E-state index contributed by atoms with van der Waals surface area (Å²) in [6.07, 6.45) is -0.297. The lowest BCUT2D eigenvalue weighted by atomic mass is 9.77. The zero-order valence-corrected chi connectivity index (χ0v) is 11.7. The van der Waals surface area contributed by atoms with Crippen molar-refractivity contribution in [3.05, 3.63) is 35.9 Å². The van der Waals surface area contributed by atoms with Gasteiger partial charge < -0.3 is 9.47 Å². The van der Waals surface area contributed by atoms with Crippen molar-refractivity contribution in [2.75, 3.05) is 19.9 Å². The van der Waals surface area contributed by atoms with Gasteiger partial charge in [0.05, 0.1) is 19.9 Å². The van der Waals surface area contributed by atoms with Crippen LogP contribution in [0.4, 0.5) is 4.39 Å². The first kappa shape index (κ1) is 16.1. The van der Waals surface area contributed by atoms with Gasteiger partial charge in [-0.1, -0.05) is 30.3 Å². The van der Waals surface area contributed by atoms with Crippen LogP contribution in [0.5, 0.6) is 0 Å². The van der Waals surface area contributed by atoms with E-state index < -0.39 is 24.0 Å². The molecule has 0 aliphatic heterocycles. The number of hydrogen-bond acceptors (Lipinski definition) is 4. The number of hydrogen-bond donors (Lipinski definition) is 0. The number of ether oxygens (including phenoxy) is 2. The summed E-state index contributed by atoms with van der Waals surface area (Å²) < 4.78 is 22.9. The number of halogens is 1. The summed E-state index contributed by atoms with van der Waals surface area (Å²) in [5.74, 6) is -1.55. The Kier molecular flexibility index (Phi) is 6.15. The molecule has 5 heteroatoms. The van der Waals surface area contributed by atoms with Gasteiger partial charge >= 0.3 is 11.9 Å². The second kappa shape index (κ2) is 7.62. The SMILES string of the molecule is CCOC(=O)C(CCF)(C(=O)OCC)c1ccccc1. The molecule has 0 bridgehead atoms. The molecule has 1 aromatic rings. The van der Waals surface area contributed by atoms with Gasteiger partial charge in [-0.05, 0) is 19.4 Å². The van der Waals surface area contributed by atoms with E-state index in [1.807, 2.05) is 0 Å². The van der Waals surface area contributed by atoms with Crippen molar-refractivity contribution in [2.45, 2.75) is 25.7 Å². The Morgan fingerprint density at radius 1 is 1.05 bits per heavy atom. The Bertz CT molecular complexity index is 426. The van der Waals surface area contributed by atoms with Crippen molar-refractivity contribution in [3.8, 4) is 0 Å². The largest absolute Gasteiger partial charge is 0.465 e. The van der Waals surface area contributed by atoms with Crippen LogP contribution in [0.15, 0.2) is 30.3 Å². The quantitative estimate of drug-likeness (QED) is 0.569. The van der Waals surface area contributed by atoms with Crippen molar-refractivity contribution in [2.24, 2.45) is 0 Å². The fraction of sp³-hybridized carbons (Fsp3) is 0.467. The van der Waals surface area contributed by atoms with Gasteiger partial charge in [0, 0.05) is 6.42 Å². The smallest absolute Gasteiger partial charge is 0.328 e. The number of alkyl halides is 1. The molecule has 0 aliphatic rings. The first-order chi connectivity index (χ1) is 9.63. The van der Waals surface area contributed by atoms with E-state index in [0.29, 0.717) is 5.56 Å². The van der Waals surface area contributed by atoms with E-state index in [9.17, 15) is 14.0 Å². The number of carbonyl (C=O) groups is 2. The van der Waals surface area contributed by atoms with Crippen molar-refractivity contribution in [1.82, 2.24) is 0 Å². The maximum Gasteiger partial charge on any atom is 0.328 e. The lowest BCUT2D eigenvalue weighted by Crippen LogP contribution is -2.46. The average Bonchev–Trinajstić information content (AvgIpc) is 2.46. The Morgan fingerprint density at radius 2 is 1.55 bits per heavy atom. The highest BCUT2D eigenvalue weighted by Crippen LogP contribution is 2.32. The molecule has 0 radical (unpaired) electrons. The van der Waals surface area contributed by atoms with Crippen LogP contribution in [-0.4, -0.2) is 31.8 Å². The van der Waals surface area contributed by atoms with E-state index >= 15 is 0 Å². The third-order valence-electron chi connectivity index (χ3n) is 2.98. The molecule has 110 valence electrons. The molecule has 0 fully saturated rings. The highest BCUT2D eigenvalue weighted by Gasteiger charge is 2.50. The second-order valence-electron chi connectivity index (χ2n) is 4.15. The van der Waals surface area contributed by atoms with Crippen LogP contribution >= 0.6 is 0 Å². The molecular weight excluding hydrogens is 263 g/mol. The first-order valence-corrected chi connectivity index (χ1v) is 6.59. The molecule has 1 aromatic carbocycles. The highest BCUT2D eigenvalue weighted by atomic mass is 19.1. The molecule has 0 saturated carbocycles. The molecule has 0 aliphatic carbocycles. The third-order valence-corrected chi connectivity index (χ3v) is 2.98. The molecule has 20 heavy (non-hydrogen) atoms. The predicted octanol–water partition coefficient (Wildman–Crippen LogP) is 2.41. The van der Waals surface area contributed by atoms with Crippen molar-refractivity contribution < 1.29 is 23.5 Å². The molecule has 0 unspecified atom stereocenters. The second-order valence-corrected chi connectivity index (χ2v) is 4.15. The van der Waals surface area contributed by atoms with E-state index in [2.05, 4.69) is 0 Å². The van der Waals surface area contributed by atoms with Crippen LogP contribution in [-0.2, 0) is 24.5 Å². The van der Waals surface area contributed by atoms with Crippen molar-refractivity contribution >= 4 is 11.9 Å². The molecule has 0 atom stereocenters. The summed E-state index contributed by atoms with van der Waals surface area (Å²) in [4.78, 5) is 24.6. The van der Waals surface area contributed by atoms with Crippen molar-refractivity contribution in [1.29, 1.82) is 0 Å². The molecule has 0 saturated heterocycles. The van der Waals surface area contributed by atoms with Gasteiger partial charge in [0.2, 0.25) is 0 Å². The van der Waals surface area contributed by atoms with E-state index in [-0.39, 0.29) is 19.6 Å². The van der Waals surface area contributed by atoms with Gasteiger partial charge in [0.1, 0.15) is 0 Å². The van der Waals surface area contributed by atoms with E-state index in [0.717, 1.165) is 0 Å². The summed E-state index contributed by atoms with van der Waals surface area (Å²) in [5, 5.41) is 0. The zero-order chi connectivity index (χ0) is 15.0. The minimum Gasteiger partial charge on any atom is -0.465 e. The molecule has 0 heterocycles. The number of benzene rings is 1. The van der Waals surface area contributed by atoms with Crippen LogP contribution in [0.25, 0.3) is 0 Å². The predicted molar refractivity (Wildman–Crippen MR) is 72.0 cm³/mol. The van der Waals surface area contributed by atoms with Crippen LogP contribution in [0.1, 0.15) is 25.8 Å². The van der Waals surface area contributed by atoms with Crippen LogP contribution in [0.2, 0.25) is 0 Å². The maximum atomic E-state index is 13.0. The fourth-order valence-electron chi connectivity index (χ4n) is 2.04. The van der Waals surface area contributed by atoms with Gasteiger partial charge in [-0.3, -0.25) is 14.0 Å². The number of rotatable bonds is 7. The number of esters is 2. The van der Waals surface area contributed by atoms with Crippen LogP contribution < -0.4 is 0 Å². The minimum absolute atomic E-state index is 0.110. The standard InChI is InChI=1S/C15H19FO4/c1-3-19-13(17)15(10-11-16,14(18)20-4-2)12-8-6-5-7-9-12/h5-9H,3-4,10-11H2,1-2H3. The minimum atomic E-state index is -1.73. The summed E-state index contributed by atoms with van der Waals surface area (Å²) >= 11 is 0. The summed E-state index contributed by atoms with van der Waals surface area (Å²) in [6, 6.07) is 8.31. The van der Waals surface area contributed by atoms with E-state index in [1.165, 1.54) is 0 Å². The monoisotopic (exact) mass is 282 g/mol. The molecule has 4 nitrogen and oxygen atoms in total. The molecule has 0 amide bonds. The van der Waals surface area contributed by atoms with Crippen LogP contribution in [0.3, 0.4) is 0 Å². The maximum absolute atomic E-state index is 13.0. The fourth-order valence-corrected chi connectivity index (χ4v) is 2.04. The van der Waals surface area contributed by atoms with Gasteiger partial charge in [-0.25, -0.2) is 0 Å². The van der Waals surface area contributed by atoms with E-state index in [4.69, 9.17) is 9.47 Å². The Hall–Kier alpha value is -1.91. The summed E-state index contributed by atoms with van der Waals surface area (Å²) in [6.45, 7) is 2.66. The molecule has 0 spiro atoms. The molecule has 0 N–H and O–H groups in total. The molecular formula is C15H19FO4. The van der Waals surface area contributed by atoms with Gasteiger partial charge in [0.25, 0.3) is 0 Å². The third kappa shape index (κ3) is 3.15. The normalized spacial score (nSPS) is 10.9. The summed E-state index contributed by atoms with van der Waals surface area (Å²) in [5.41, 5.74) is -1.35. The molecule has 1 rings (SSSR count). The summed E-state index contributed by atoms with van der Waals surface area (Å²) in [7, 11) is 0. The Labute approximate surface area is 117 Å². The van der Waals surface area contributed by atoms with Gasteiger partial charge in [-0.15, -0.1) is 0 Å². The highest BCUT2D eigenvalue weighted by molar-refractivity contribution is 6.06. The van der Waals surface area contributed by atoms with Gasteiger partial charge in [0.15, 0.2) is 5.41 Å². The molecule has 0 aromatic heterocycles. The van der Waals surface area contributed by atoms with Gasteiger partial charge in [-0.2, -0.15) is 0 Å². The van der Waals surface area contributed by atoms with Crippen molar-refractivity contribution in [3.63, 3.8) is 0 Å². The first-order valence-electron chi connectivity index (χ1n) is 6.59. The lowest BCUT2D eigenvalue weighted by Gasteiger charge is -2.28. The topological polar surface area (TPSA) is 52.6 Å². The number of carbonyl (C=O) groups excluding carboxylic acids is 2. The van der Waals surface area contributed by atoms with E-state index in [1.54, 1.807) is 44.2 Å². The average molecular weight is 282 g/mol. The Balaban J connectivity index is 3.33. The lowest BCUT2D eigenvalue weighted by molar-refractivity contribution is -0.165. The zero-order valence-electron chi connectivity index (χ0n) is 11.7. The Morgan fingerprint density at radius 3 is 1.95 bits per heavy atom.